The fraction of sp³-hybridized carbons (Fsp3) is 0.868. The van der Waals surface area contributed by atoms with Gasteiger partial charge in [0, 0.05) is 13.0 Å². The fourth-order valence-electron chi connectivity index (χ4n) is 8.21. The van der Waals surface area contributed by atoms with Crippen LogP contribution in [-0.2, 0) is 38.3 Å². The van der Waals surface area contributed by atoms with Crippen molar-refractivity contribution in [3.8, 4) is 0 Å². The summed E-state index contributed by atoms with van der Waals surface area (Å²) < 4.78 is 59.3. The summed E-state index contributed by atoms with van der Waals surface area (Å²) in [5.74, 6) is -0.399. The third-order valence-electron chi connectivity index (χ3n) is 12.3. The van der Waals surface area contributed by atoms with Gasteiger partial charge < -0.3 is 34.3 Å². The molecule has 0 aromatic carbocycles. The van der Waals surface area contributed by atoms with Crippen LogP contribution >= 0.6 is 0 Å². The second-order valence-electron chi connectivity index (χ2n) is 18.5. The molecule has 1 aliphatic rings. The highest BCUT2D eigenvalue weighted by Crippen LogP contribution is 2.26. The van der Waals surface area contributed by atoms with E-state index in [1.54, 1.807) is 0 Å². The summed E-state index contributed by atoms with van der Waals surface area (Å²) in [5.41, 5.74) is 0. The van der Waals surface area contributed by atoms with Crippen molar-refractivity contribution in [3.63, 3.8) is 0 Å². The summed E-state index contributed by atoms with van der Waals surface area (Å²) in [4.78, 5) is 12.9. The van der Waals surface area contributed by atoms with Crippen molar-refractivity contribution in [1.29, 1.82) is 0 Å². The van der Waals surface area contributed by atoms with Crippen molar-refractivity contribution in [2.75, 3.05) is 26.4 Å². The number of aliphatic hydroxyl groups is 3. The summed E-state index contributed by atoms with van der Waals surface area (Å²) in [6.45, 7) is 3.98. The molecule has 0 bridgehead atoms. The molecule has 1 rings (SSSR count). The molecule has 1 saturated heterocycles. The van der Waals surface area contributed by atoms with Gasteiger partial charge in [0.15, 0.2) is 6.29 Å². The van der Waals surface area contributed by atoms with Crippen molar-refractivity contribution in [2.45, 2.75) is 269 Å². The standard InChI is InChI=1S/C53H98O12S/c1-3-5-7-9-11-13-15-17-19-21-23-25-27-29-31-33-35-37-39-41-43-61-45-47(46-62-53-51(57)52(65-66(58,59)60)50(56)48(44-54)64-53)63-49(55)42-40-38-36-34-32-30-28-26-24-22-20-18-16-14-12-10-8-6-4-2/h11,13,17,19,23,25,47-48,50-54,56-57H,3-10,12,14-16,18,20-22,24,26-46H2,1-2H3,(H,58,59,60)/b13-11-,19-17-,25-23-. The van der Waals surface area contributed by atoms with Crippen LogP contribution in [0.3, 0.4) is 0 Å². The summed E-state index contributed by atoms with van der Waals surface area (Å²) in [7, 11) is -5.07. The summed E-state index contributed by atoms with van der Waals surface area (Å²) in [5, 5.41) is 30.8. The molecule has 388 valence electrons. The molecule has 0 aliphatic carbocycles. The molecule has 12 nitrogen and oxygen atoms in total. The Labute approximate surface area is 403 Å². The van der Waals surface area contributed by atoms with E-state index in [9.17, 15) is 33.1 Å². The molecule has 0 amide bonds. The van der Waals surface area contributed by atoms with E-state index < -0.39 is 59.8 Å². The van der Waals surface area contributed by atoms with Gasteiger partial charge in [-0.25, -0.2) is 4.18 Å². The average molecular weight is 959 g/mol. The van der Waals surface area contributed by atoms with Crippen molar-refractivity contribution in [1.82, 2.24) is 0 Å². The van der Waals surface area contributed by atoms with Crippen LogP contribution in [0.15, 0.2) is 36.5 Å². The molecule has 4 N–H and O–H groups in total. The van der Waals surface area contributed by atoms with Crippen molar-refractivity contribution >= 4 is 16.4 Å². The second-order valence-corrected chi connectivity index (χ2v) is 19.5. The Morgan fingerprint density at radius 1 is 0.576 bits per heavy atom. The van der Waals surface area contributed by atoms with Gasteiger partial charge in [-0.2, -0.15) is 8.42 Å². The predicted octanol–water partition coefficient (Wildman–Crippen LogP) is 12.5. The zero-order valence-electron chi connectivity index (χ0n) is 41.8. The maximum Gasteiger partial charge on any atom is 0.397 e. The van der Waals surface area contributed by atoms with Gasteiger partial charge in [-0.1, -0.05) is 211 Å². The number of esters is 1. The van der Waals surface area contributed by atoms with Gasteiger partial charge in [0.1, 0.15) is 30.5 Å². The topological polar surface area (TPSA) is 178 Å². The molecular formula is C53H98O12S. The number of hydrogen-bond donors (Lipinski definition) is 4. The smallest absolute Gasteiger partial charge is 0.397 e. The minimum Gasteiger partial charge on any atom is -0.457 e. The van der Waals surface area contributed by atoms with Gasteiger partial charge in [-0.15, -0.1) is 0 Å². The lowest BCUT2D eigenvalue weighted by Gasteiger charge is -2.41. The summed E-state index contributed by atoms with van der Waals surface area (Å²) in [6, 6.07) is 0. The lowest BCUT2D eigenvalue weighted by atomic mass is 9.99. The van der Waals surface area contributed by atoms with Gasteiger partial charge in [-0.3, -0.25) is 9.35 Å². The molecule has 66 heavy (non-hydrogen) atoms. The number of carbonyl (C=O) groups excluding carboxylic acids is 1. The Morgan fingerprint density at radius 3 is 1.48 bits per heavy atom. The van der Waals surface area contributed by atoms with Crippen molar-refractivity contribution in [2.24, 2.45) is 0 Å². The molecule has 1 aliphatic heterocycles. The molecule has 0 saturated carbocycles. The van der Waals surface area contributed by atoms with Crippen molar-refractivity contribution < 1.29 is 56.2 Å². The van der Waals surface area contributed by atoms with Crippen LogP contribution in [0.4, 0.5) is 0 Å². The fourth-order valence-corrected chi connectivity index (χ4v) is 8.72. The van der Waals surface area contributed by atoms with E-state index in [0.717, 1.165) is 57.8 Å². The maximum atomic E-state index is 12.9. The van der Waals surface area contributed by atoms with Crippen molar-refractivity contribution in [3.05, 3.63) is 36.5 Å². The highest BCUT2D eigenvalue weighted by atomic mass is 32.3. The first-order valence-electron chi connectivity index (χ1n) is 26.7. The maximum absolute atomic E-state index is 12.9. The van der Waals surface area contributed by atoms with E-state index in [-0.39, 0.29) is 19.6 Å². The van der Waals surface area contributed by atoms with Crippen LogP contribution in [0.1, 0.15) is 232 Å². The summed E-state index contributed by atoms with van der Waals surface area (Å²) in [6.07, 6.45) is 44.6. The number of ether oxygens (including phenoxy) is 4. The Bertz CT molecular complexity index is 1290. The average Bonchev–Trinajstić information content (AvgIpc) is 3.29. The van der Waals surface area contributed by atoms with Crippen LogP contribution in [-0.4, -0.2) is 97.5 Å². The molecule has 1 fully saturated rings. The van der Waals surface area contributed by atoms with Crippen LogP contribution in [0, 0.1) is 0 Å². The zero-order valence-corrected chi connectivity index (χ0v) is 42.6. The van der Waals surface area contributed by atoms with E-state index in [0.29, 0.717) is 13.0 Å². The van der Waals surface area contributed by atoms with Crippen LogP contribution < -0.4 is 0 Å². The van der Waals surface area contributed by atoms with Gasteiger partial charge in [0.2, 0.25) is 0 Å². The molecule has 1 heterocycles. The van der Waals surface area contributed by atoms with E-state index in [1.165, 1.54) is 148 Å². The molecule has 13 heteroatoms. The Morgan fingerprint density at radius 2 is 1.00 bits per heavy atom. The number of unbranched alkanes of at least 4 members (excludes halogenated alkanes) is 28. The van der Waals surface area contributed by atoms with E-state index in [1.807, 2.05) is 0 Å². The molecule has 6 atom stereocenters. The molecular weight excluding hydrogens is 861 g/mol. The number of carbonyl (C=O) groups is 1. The SMILES string of the molecule is CCCCC/C=C\C/C=C\C/C=C\CCCCCCCCCOCC(COC1OC(CO)C(O)C(OS(=O)(=O)O)C1O)OC(=O)CCCCCCCCCCCCCCCCCCCCC. The minimum atomic E-state index is -5.07. The Kier molecular flexibility index (Phi) is 42.1. The number of hydrogen-bond acceptors (Lipinski definition) is 11. The largest absolute Gasteiger partial charge is 0.457 e. The van der Waals surface area contributed by atoms with E-state index in [2.05, 4.69) is 54.5 Å². The van der Waals surface area contributed by atoms with E-state index >= 15 is 0 Å². The molecule has 0 aromatic heterocycles. The van der Waals surface area contributed by atoms with Crippen LogP contribution in [0.25, 0.3) is 0 Å². The lowest BCUT2D eigenvalue weighted by molar-refractivity contribution is -0.301. The van der Waals surface area contributed by atoms with Gasteiger partial charge >= 0.3 is 16.4 Å². The summed E-state index contributed by atoms with van der Waals surface area (Å²) >= 11 is 0. The lowest BCUT2D eigenvalue weighted by Crippen LogP contribution is -2.60. The number of rotatable bonds is 47. The second kappa shape index (κ2) is 44.5. The zero-order chi connectivity index (χ0) is 48.2. The molecule has 0 radical (unpaired) electrons. The third kappa shape index (κ3) is 37.2. The van der Waals surface area contributed by atoms with E-state index in [4.69, 9.17) is 18.9 Å². The van der Waals surface area contributed by atoms with Crippen LogP contribution in [0.2, 0.25) is 0 Å². The Balaban J connectivity index is 2.35. The highest BCUT2D eigenvalue weighted by molar-refractivity contribution is 7.80. The van der Waals surface area contributed by atoms with Gasteiger partial charge in [0.25, 0.3) is 0 Å². The molecule has 6 unspecified atom stereocenters. The number of allylic oxidation sites excluding steroid dienone is 6. The minimum absolute atomic E-state index is 0.0320. The highest BCUT2D eigenvalue weighted by Gasteiger charge is 2.48. The molecule has 0 spiro atoms. The first kappa shape index (κ1) is 62.3. The monoisotopic (exact) mass is 959 g/mol. The van der Waals surface area contributed by atoms with Gasteiger partial charge in [0.05, 0.1) is 19.8 Å². The third-order valence-corrected chi connectivity index (χ3v) is 12.7. The molecule has 0 aromatic rings. The first-order valence-corrected chi connectivity index (χ1v) is 28.1. The quantitative estimate of drug-likeness (QED) is 0.0197. The first-order chi connectivity index (χ1) is 32.1. The predicted molar refractivity (Wildman–Crippen MR) is 267 cm³/mol. The van der Waals surface area contributed by atoms with Crippen LogP contribution in [0.5, 0.6) is 0 Å². The normalized spacial score (nSPS) is 19.8. The van der Waals surface area contributed by atoms with Gasteiger partial charge in [-0.05, 0) is 51.4 Å². The number of aliphatic hydroxyl groups excluding tert-OH is 3. The Hall–Kier alpha value is -1.68.